The number of piperidine rings is 1. The summed E-state index contributed by atoms with van der Waals surface area (Å²) in [4.78, 5) is 25.2. The van der Waals surface area contributed by atoms with Gasteiger partial charge in [0.05, 0.1) is 5.56 Å². The number of fused-ring (bicyclic) bond motifs is 1. The molecule has 0 aliphatic carbocycles. The van der Waals surface area contributed by atoms with Gasteiger partial charge in [0.1, 0.15) is 5.60 Å². The lowest BCUT2D eigenvalue weighted by Crippen LogP contribution is -2.41. The van der Waals surface area contributed by atoms with Crippen LogP contribution in [-0.2, 0) is 4.74 Å². The topological polar surface area (TPSA) is 66.8 Å². The van der Waals surface area contributed by atoms with Crippen LogP contribution in [0.15, 0.2) is 36.4 Å². The van der Waals surface area contributed by atoms with E-state index < -0.39 is 11.6 Å². The normalized spacial score (nSPS) is 15.9. The second-order valence-corrected chi connectivity index (χ2v) is 7.83. The summed E-state index contributed by atoms with van der Waals surface area (Å²) >= 11 is 0. The molecule has 2 aromatic carbocycles. The zero-order valence-corrected chi connectivity index (χ0v) is 15.5. The van der Waals surface area contributed by atoms with Crippen molar-refractivity contribution >= 4 is 22.8 Å². The number of likely N-dealkylation sites (tertiary alicyclic amines) is 1. The van der Waals surface area contributed by atoms with Crippen molar-refractivity contribution in [3.05, 3.63) is 47.5 Å². The third kappa shape index (κ3) is 3.98. The van der Waals surface area contributed by atoms with Crippen molar-refractivity contribution in [3.63, 3.8) is 0 Å². The molecule has 1 aliphatic rings. The fourth-order valence-corrected chi connectivity index (χ4v) is 3.50. The minimum atomic E-state index is -0.914. The van der Waals surface area contributed by atoms with Crippen molar-refractivity contribution in [2.75, 3.05) is 13.1 Å². The van der Waals surface area contributed by atoms with Crippen LogP contribution in [0.1, 0.15) is 55.5 Å². The van der Waals surface area contributed by atoms with Crippen LogP contribution in [-0.4, -0.2) is 40.8 Å². The Bertz CT molecular complexity index is 830. The number of carbonyl (C=O) groups is 2. The van der Waals surface area contributed by atoms with Gasteiger partial charge in [-0.1, -0.05) is 24.3 Å². The standard InChI is InChI=1S/C21H25NO4/c1-21(2,3)26-20(25)22-11-9-14(10-12-22)17-6-4-5-15-13-16(19(23)24)7-8-18(15)17/h4-8,13-14H,9-12H2,1-3H3,(H,23,24). The first-order chi connectivity index (χ1) is 12.2. The zero-order chi connectivity index (χ0) is 18.9. The van der Waals surface area contributed by atoms with Crippen LogP contribution >= 0.6 is 0 Å². The molecule has 3 rings (SSSR count). The molecule has 1 heterocycles. The van der Waals surface area contributed by atoms with Crippen LogP contribution in [0.3, 0.4) is 0 Å². The van der Waals surface area contributed by atoms with Crippen LogP contribution < -0.4 is 0 Å². The van der Waals surface area contributed by atoms with Gasteiger partial charge in [0.25, 0.3) is 0 Å². The predicted octanol–water partition coefficient (Wildman–Crippen LogP) is 4.65. The van der Waals surface area contributed by atoms with Gasteiger partial charge in [0.15, 0.2) is 0 Å². The molecule has 5 nitrogen and oxygen atoms in total. The summed E-state index contributed by atoms with van der Waals surface area (Å²) in [5.41, 5.74) is 1.04. The molecule has 0 bridgehead atoms. The van der Waals surface area contributed by atoms with Gasteiger partial charge in [0, 0.05) is 13.1 Å². The van der Waals surface area contributed by atoms with Crippen molar-refractivity contribution in [2.24, 2.45) is 0 Å². The maximum Gasteiger partial charge on any atom is 0.410 e. The van der Waals surface area contributed by atoms with Crippen molar-refractivity contribution < 1.29 is 19.4 Å². The summed E-state index contributed by atoms with van der Waals surface area (Å²) < 4.78 is 5.46. The van der Waals surface area contributed by atoms with E-state index in [-0.39, 0.29) is 6.09 Å². The molecule has 0 unspecified atom stereocenters. The third-order valence-corrected chi connectivity index (χ3v) is 4.75. The van der Waals surface area contributed by atoms with Crippen molar-refractivity contribution in [1.29, 1.82) is 0 Å². The highest BCUT2D eigenvalue weighted by Crippen LogP contribution is 2.33. The molecule has 138 valence electrons. The third-order valence-electron chi connectivity index (χ3n) is 4.75. The Morgan fingerprint density at radius 2 is 1.81 bits per heavy atom. The number of nitrogens with zero attached hydrogens (tertiary/aromatic N) is 1. The number of carboxylic acid groups (broad SMARTS) is 1. The average Bonchev–Trinajstić information content (AvgIpc) is 2.59. The average molecular weight is 355 g/mol. The number of hydrogen-bond donors (Lipinski definition) is 1. The molecule has 1 amide bonds. The molecule has 26 heavy (non-hydrogen) atoms. The highest BCUT2D eigenvalue weighted by Gasteiger charge is 2.28. The van der Waals surface area contributed by atoms with Gasteiger partial charge >= 0.3 is 12.1 Å². The molecular formula is C21H25NO4. The maximum atomic E-state index is 12.2. The first-order valence-electron chi connectivity index (χ1n) is 8.98. The van der Waals surface area contributed by atoms with Crippen LogP contribution in [0, 0.1) is 0 Å². The van der Waals surface area contributed by atoms with Gasteiger partial charge in [-0.15, -0.1) is 0 Å². The Morgan fingerprint density at radius 1 is 1.12 bits per heavy atom. The first kappa shape index (κ1) is 18.2. The number of hydrogen-bond acceptors (Lipinski definition) is 3. The number of benzene rings is 2. The second kappa shape index (κ2) is 6.98. The van der Waals surface area contributed by atoms with Crippen LogP contribution in [0.4, 0.5) is 4.79 Å². The zero-order valence-electron chi connectivity index (χ0n) is 15.5. The first-order valence-corrected chi connectivity index (χ1v) is 8.98. The molecule has 5 heteroatoms. The van der Waals surface area contributed by atoms with Crippen LogP contribution in [0.5, 0.6) is 0 Å². The van der Waals surface area contributed by atoms with Crippen LogP contribution in [0.25, 0.3) is 10.8 Å². The number of rotatable bonds is 2. The Morgan fingerprint density at radius 3 is 2.42 bits per heavy atom. The highest BCUT2D eigenvalue weighted by atomic mass is 16.6. The molecule has 0 aromatic heterocycles. The van der Waals surface area contributed by atoms with Crippen molar-refractivity contribution in [2.45, 2.75) is 45.1 Å². The van der Waals surface area contributed by atoms with E-state index in [1.54, 1.807) is 17.0 Å². The Kier molecular flexibility index (Phi) is 4.90. The van der Waals surface area contributed by atoms with Crippen LogP contribution in [0.2, 0.25) is 0 Å². The number of carbonyl (C=O) groups excluding carboxylic acids is 1. The quantitative estimate of drug-likeness (QED) is 0.851. The predicted molar refractivity (Wildman–Crippen MR) is 101 cm³/mol. The van der Waals surface area contributed by atoms with E-state index >= 15 is 0 Å². The van der Waals surface area contributed by atoms with Gasteiger partial charge in [-0.25, -0.2) is 9.59 Å². The number of carboxylic acids is 1. The van der Waals surface area contributed by atoms with Gasteiger partial charge in [-0.05, 0) is 68.0 Å². The lowest BCUT2D eigenvalue weighted by Gasteiger charge is -2.34. The lowest BCUT2D eigenvalue weighted by atomic mass is 9.86. The number of amides is 1. The maximum absolute atomic E-state index is 12.2. The fraction of sp³-hybridized carbons (Fsp3) is 0.429. The summed E-state index contributed by atoms with van der Waals surface area (Å²) in [5, 5.41) is 11.2. The van der Waals surface area contributed by atoms with E-state index in [1.807, 2.05) is 39.0 Å². The van der Waals surface area contributed by atoms with E-state index in [0.717, 1.165) is 23.6 Å². The Hall–Kier alpha value is -2.56. The fourth-order valence-electron chi connectivity index (χ4n) is 3.50. The van der Waals surface area contributed by atoms with Gasteiger partial charge in [0.2, 0.25) is 0 Å². The molecule has 2 aromatic rings. The molecular weight excluding hydrogens is 330 g/mol. The molecule has 1 fully saturated rings. The summed E-state index contributed by atoms with van der Waals surface area (Å²) in [5.74, 6) is -0.559. The lowest BCUT2D eigenvalue weighted by molar-refractivity contribution is 0.0205. The molecule has 0 radical (unpaired) electrons. The molecule has 0 saturated carbocycles. The van der Waals surface area contributed by atoms with Crippen molar-refractivity contribution in [3.8, 4) is 0 Å². The van der Waals surface area contributed by atoms with E-state index in [4.69, 9.17) is 4.74 Å². The largest absolute Gasteiger partial charge is 0.478 e. The van der Waals surface area contributed by atoms with Gasteiger partial charge in [-0.2, -0.15) is 0 Å². The SMILES string of the molecule is CC(C)(C)OC(=O)N1CCC(c2cccc3cc(C(=O)O)ccc23)CC1. The summed E-state index contributed by atoms with van der Waals surface area (Å²) in [6, 6.07) is 11.3. The minimum absolute atomic E-state index is 0.250. The monoisotopic (exact) mass is 355 g/mol. The van der Waals surface area contributed by atoms with E-state index in [9.17, 15) is 14.7 Å². The van der Waals surface area contributed by atoms with E-state index in [1.165, 1.54) is 5.56 Å². The number of ether oxygens (including phenoxy) is 1. The van der Waals surface area contributed by atoms with E-state index in [2.05, 4.69) is 6.07 Å². The smallest absolute Gasteiger partial charge is 0.410 e. The highest BCUT2D eigenvalue weighted by molar-refractivity contribution is 5.95. The molecule has 0 atom stereocenters. The summed E-state index contributed by atoms with van der Waals surface area (Å²) in [6.07, 6.45) is 1.50. The molecule has 0 spiro atoms. The Labute approximate surface area is 153 Å². The molecule has 1 N–H and O–H groups in total. The number of aromatic carboxylic acids is 1. The minimum Gasteiger partial charge on any atom is -0.478 e. The molecule has 1 saturated heterocycles. The van der Waals surface area contributed by atoms with E-state index in [0.29, 0.717) is 24.6 Å². The van der Waals surface area contributed by atoms with Crippen molar-refractivity contribution in [1.82, 2.24) is 4.90 Å². The Balaban J connectivity index is 1.75. The molecule has 1 aliphatic heterocycles. The summed E-state index contributed by atoms with van der Waals surface area (Å²) in [6.45, 7) is 6.96. The second-order valence-electron chi connectivity index (χ2n) is 7.83. The van der Waals surface area contributed by atoms with Gasteiger partial charge < -0.3 is 14.7 Å². The summed E-state index contributed by atoms with van der Waals surface area (Å²) in [7, 11) is 0. The van der Waals surface area contributed by atoms with Gasteiger partial charge in [-0.3, -0.25) is 0 Å².